The highest BCUT2D eigenvalue weighted by molar-refractivity contribution is 5.90. The molecular weight excluding hydrogens is 268 g/mol. The number of benzene rings is 1. The zero-order chi connectivity index (χ0) is 15.2. The maximum absolute atomic E-state index is 12.3. The summed E-state index contributed by atoms with van der Waals surface area (Å²) < 4.78 is 6.28. The fourth-order valence-corrected chi connectivity index (χ4v) is 2.01. The van der Waals surface area contributed by atoms with Crippen molar-refractivity contribution in [3.63, 3.8) is 0 Å². The maximum Gasteiger partial charge on any atom is 0.343 e. The number of ether oxygens (including phenoxy) is 1. The van der Waals surface area contributed by atoms with Crippen LogP contribution >= 0.6 is 0 Å². The summed E-state index contributed by atoms with van der Waals surface area (Å²) in [4.78, 5) is 24.2. The van der Waals surface area contributed by atoms with Crippen LogP contribution in [0.3, 0.4) is 0 Å². The summed E-state index contributed by atoms with van der Waals surface area (Å²) in [5, 5.41) is 4.33. The average molecular weight is 286 g/mol. The van der Waals surface area contributed by atoms with E-state index >= 15 is 0 Å². The first kappa shape index (κ1) is 15.0. The molecule has 0 bridgehead atoms. The van der Waals surface area contributed by atoms with E-state index in [0.29, 0.717) is 12.2 Å². The van der Waals surface area contributed by atoms with E-state index in [1.165, 1.54) is 10.7 Å². The van der Waals surface area contributed by atoms with Gasteiger partial charge >= 0.3 is 5.97 Å². The van der Waals surface area contributed by atoms with Crippen molar-refractivity contribution < 1.29 is 9.53 Å². The van der Waals surface area contributed by atoms with E-state index < -0.39 is 11.5 Å². The highest BCUT2D eigenvalue weighted by Crippen LogP contribution is 2.16. The van der Waals surface area contributed by atoms with Crippen molar-refractivity contribution in [1.82, 2.24) is 9.78 Å². The molecule has 5 heteroatoms. The van der Waals surface area contributed by atoms with Crippen LogP contribution in [0.5, 0.6) is 0 Å². The number of carbonyl (C=O) groups excluding carboxylic acids is 1. The lowest BCUT2D eigenvalue weighted by Crippen LogP contribution is -2.29. The van der Waals surface area contributed by atoms with Gasteiger partial charge in [-0.25, -0.2) is 9.48 Å². The molecule has 0 aliphatic heterocycles. The highest BCUT2D eigenvalue weighted by atomic mass is 16.5. The molecule has 0 unspecified atom stereocenters. The molecule has 5 nitrogen and oxygen atoms in total. The second-order valence-corrected chi connectivity index (χ2v) is 4.56. The number of aryl methyl sites for hydroxylation is 1. The van der Waals surface area contributed by atoms with E-state index in [9.17, 15) is 9.59 Å². The van der Waals surface area contributed by atoms with Crippen LogP contribution in [0.15, 0.2) is 41.2 Å². The minimum absolute atomic E-state index is 0.0270. The van der Waals surface area contributed by atoms with E-state index in [-0.39, 0.29) is 12.2 Å². The van der Waals surface area contributed by atoms with Crippen molar-refractivity contribution >= 4 is 5.97 Å². The van der Waals surface area contributed by atoms with Gasteiger partial charge in [0.2, 0.25) is 0 Å². The minimum atomic E-state index is -0.605. The van der Waals surface area contributed by atoms with E-state index in [2.05, 4.69) is 5.10 Å². The van der Waals surface area contributed by atoms with Crippen molar-refractivity contribution in [2.24, 2.45) is 0 Å². The third kappa shape index (κ3) is 3.37. The first-order chi connectivity index (χ1) is 10.2. The van der Waals surface area contributed by atoms with Crippen LogP contribution in [-0.4, -0.2) is 22.4 Å². The van der Waals surface area contributed by atoms with E-state index in [0.717, 1.165) is 12.0 Å². The highest BCUT2D eigenvalue weighted by Gasteiger charge is 2.16. The van der Waals surface area contributed by atoms with Gasteiger partial charge in [0.1, 0.15) is 5.56 Å². The third-order valence-electron chi connectivity index (χ3n) is 2.97. The summed E-state index contributed by atoms with van der Waals surface area (Å²) in [5.74, 6) is -0.605. The summed E-state index contributed by atoms with van der Waals surface area (Å²) in [5.41, 5.74) is 1.06. The first-order valence-electron chi connectivity index (χ1n) is 7.02. The van der Waals surface area contributed by atoms with Gasteiger partial charge in [-0.2, -0.15) is 5.10 Å². The van der Waals surface area contributed by atoms with Crippen LogP contribution in [0.2, 0.25) is 0 Å². The largest absolute Gasteiger partial charge is 0.462 e. The van der Waals surface area contributed by atoms with Gasteiger partial charge in [0.25, 0.3) is 5.56 Å². The molecule has 2 rings (SSSR count). The number of hydrogen-bond donors (Lipinski definition) is 0. The molecule has 110 valence electrons. The van der Waals surface area contributed by atoms with Crippen LogP contribution in [0.1, 0.15) is 30.6 Å². The second-order valence-electron chi connectivity index (χ2n) is 4.56. The van der Waals surface area contributed by atoms with Gasteiger partial charge in [0.15, 0.2) is 0 Å². The summed E-state index contributed by atoms with van der Waals surface area (Å²) in [7, 11) is 0. The molecule has 2 aromatic rings. The molecule has 0 radical (unpaired) electrons. The molecule has 1 aromatic carbocycles. The topological polar surface area (TPSA) is 61.2 Å². The average Bonchev–Trinajstić information content (AvgIpc) is 2.50. The Kier molecular flexibility index (Phi) is 4.87. The van der Waals surface area contributed by atoms with Crippen LogP contribution < -0.4 is 5.56 Å². The molecule has 0 amide bonds. The van der Waals surface area contributed by atoms with E-state index in [1.807, 2.05) is 37.3 Å². The predicted octanol–water partition coefficient (Wildman–Crippen LogP) is 2.50. The van der Waals surface area contributed by atoms with Crippen molar-refractivity contribution in [3.05, 3.63) is 52.3 Å². The zero-order valence-electron chi connectivity index (χ0n) is 12.2. The number of aromatic nitrogens is 2. The first-order valence-corrected chi connectivity index (χ1v) is 7.02. The molecule has 1 aromatic heterocycles. The Balaban J connectivity index is 2.57. The molecule has 0 saturated carbocycles. The van der Waals surface area contributed by atoms with Gasteiger partial charge in [-0.3, -0.25) is 4.79 Å². The fraction of sp³-hybridized carbons (Fsp3) is 0.312. The van der Waals surface area contributed by atoms with Gasteiger partial charge in [-0.15, -0.1) is 0 Å². The summed E-state index contributed by atoms with van der Waals surface area (Å²) in [6.45, 7) is 4.36. The monoisotopic (exact) mass is 286 g/mol. The maximum atomic E-state index is 12.3. The van der Waals surface area contributed by atoms with Gasteiger partial charge < -0.3 is 4.74 Å². The minimum Gasteiger partial charge on any atom is -0.462 e. The van der Waals surface area contributed by atoms with E-state index in [4.69, 9.17) is 4.74 Å². The normalized spacial score (nSPS) is 10.4. The Bertz CT molecular complexity index is 678. The Hall–Kier alpha value is -2.43. The Morgan fingerprint density at radius 3 is 2.57 bits per heavy atom. The van der Waals surface area contributed by atoms with Crippen LogP contribution in [0.25, 0.3) is 11.3 Å². The number of esters is 1. The van der Waals surface area contributed by atoms with Crippen molar-refractivity contribution in [3.8, 4) is 11.3 Å². The molecule has 0 aliphatic rings. The van der Waals surface area contributed by atoms with Crippen LogP contribution in [0, 0.1) is 0 Å². The molecule has 0 aliphatic carbocycles. The molecule has 21 heavy (non-hydrogen) atoms. The molecule has 0 saturated heterocycles. The smallest absolute Gasteiger partial charge is 0.343 e. The molecule has 0 N–H and O–H groups in total. The van der Waals surface area contributed by atoms with Crippen molar-refractivity contribution in [1.29, 1.82) is 0 Å². The molecule has 0 spiro atoms. The molecule has 0 fully saturated rings. The second kappa shape index (κ2) is 6.83. The van der Waals surface area contributed by atoms with Crippen LogP contribution in [0.4, 0.5) is 0 Å². The lowest BCUT2D eigenvalue weighted by Gasteiger charge is -2.09. The quantitative estimate of drug-likeness (QED) is 0.792. The lowest BCUT2D eigenvalue weighted by atomic mass is 10.1. The summed E-state index contributed by atoms with van der Waals surface area (Å²) >= 11 is 0. The third-order valence-corrected chi connectivity index (χ3v) is 2.97. The summed E-state index contributed by atoms with van der Waals surface area (Å²) in [6.07, 6.45) is 0.757. The number of hydrogen-bond acceptors (Lipinski definition) is 4. The Morgan fingerprint density at radius 1 is 1.24 bits per heavy atom. The number of nitrogens with zero attached hydrogens (tertiary/aromatic N) is 2. The van der Waals surface area contributed by atoms with Gasteiger partial charge in [-0.1, -0.05) is 37.3 Å². The molecule has 1 heterocycles. The van der Waals surface area contributed by atoms with Gasteiger partial charge in [0, 0.05) is 12.1 Å². The lowest BCUT2D eigenvalue weighted by molar-refractivity contribution is 0.0523. The molecule has 0 atom stereocenters. The van der Waals surface area contributed by atoms with Crippen molar-refractivity contribution in [2.75, 3.05) is 6.61 Å². The SMILES string of the molecule is CCCn1nc(-c2ccccc2)cc(C(=O)OCC)c1=O. The summed E-state index contributed by atoms with van der Waals surface area (Å²) in [6, 6.07) is 10.9. The fourth-order valence-electron chi connectivity index (χ4n) is 2.01. The standard InChI is InChI=1S/C16H18N2O3/c1-3-10-18-15(19)13(16(20)21-4-2)11-14(17-18)12-8-6-5-7-9-12/h5-9,11H,3-4,10H2,1-2H3. The van der Waals surface area contributed by atoms with Crippen LogP contribution in [-0.2, 0) is 11.3 Å². The molecular formula is C16H18N2O3. The number of rotatable bonds is 5. The zero-order valence-corrected chi connectivity index (χ0v) is 12.2. The number of carbonyl (C=O) groups is 1. The van der Waals surface area contributed by atoms with Gasteiger partial charge in [0.05, 0.1) is 12.3 Å². The Morgan fingerprint density at radius 2 is 1.95 bits per heavy atom. The predicted molar refractivity (Wildman–Crippen MR) is 80.2 cm³/mol. The van der Waals surface area contributed by atoms with Crippen molar-refractivity contribution in [2.45, 2.75) is 26.8 Å². The van der Waals surface area contributed by atoms with E-state index in [1.54, 1.807) is 6.92 Å². The Labute approximate surface area is 123 Å². The van der Waals surface area contributed by atoms with Gasteiger partial charge in [-0.05, 0) is 19.4 Å².